The number of nitrogens with zero attached hydrogens (tertiary/aromatic N) is 1. The van der Waals surface area contributed by atoms with Crippen LogP contribution < -0.4 is 5.73 Å². The Morgan fingerprint density at radius 1 is 1.40 bits per heavy atom. The van der Waals surface area contributed by atoms with Gasteiger partial charge in [-0.15, -0.1) is 0 Å². The van der Waals surface area contributed by atoms with Gasteiger partial charge in [0.1, 0.15) is 0 Å². The van der Waals surface area contributed by atoms with Crippen molar-refractivity contribution in [1.29, 1.82) is 0 Å². The lowest BCUT2D eigenvalue weighted by atomic mass is 10.1. The molecule has 0 unspecified atom stereocenters. The molecular weight excluding hydrogens is 233 g/mol. The highest BCUT2D eigenvalue weighted by Gasteiger charge is 2.31. The Morgan fingerprint density at radius 2 is 2.00 bits per heavy atom. The number of benzene rings is 1. The summed E-state index contributed by atoms with van der Waals surface area (Å²) in [4.78, 5) is 0. The molecule has 82 valence electrons. The summed E-state index contributed by atoms with van der Waals surface area (Å²) in [5.74, 6) is -0.339. The highest BCUT2D eigenvalue weighted by molar-refractivity contribution is 6.34. The number of nitrogens with two attached hydrogens (primary N) is 1. The van der Waals surface area contributed by atoms with Crippen molar-refractivity contribution < 1.29 is 18.4 Å². The van der Waals surface area contributed by atoms with Gasteiger partial charge in [-0.1, -0.05) is 16.8 Å². The van der Waals surface area contributed by atoms with E-state index in [4.69, 9.17) is 22.5 Å². The van der Waals surface area contributed by atoms with E-state index < -0.39 is 11.7 Å². The van der Waals surface area contributed by atoms with Crippen LogP contribution in [0.3, 0.4) is 0 Å². The van der Waals surface area contributed by atoms with Crippen LogP contribution in [0, 0.1) is 0 Å². The van der Waals surface area contributed by atoms with Crippen molar-refractivity contribution in [3.63, 3.8) is 0 Å². The standard InChI is InChI=1S/C8H6ClF3N2O/c9-6-3-4(8(10,11)12)1-2-5(6)7(13)14-15/h1-3,15H,(H2,13,14). The fourth-order valence-electron chi connectivity index (χ4n) is 0.953. The largest absolute Gasteiger partial charge is 0.416 e. The van der Waals surface area contributed by atoms with E-state index in [1.165, 1.54) is 0 Å². The molecule has 0 spiro atoms. The molecule has 0 aliphatic heterocycles. The minimum absolute atomic E-state index is 0.0483. The molecule has 3 N–H and O–H groups in total. The zero-order valence-electron chi connectivity index (χ0n) is 7.22. The zero-order chi connectivity index (χ0) is 11.6. The second-order valence-corrected chi connectivity index (χ2v) is 3.08. The highest BCUT2D eigenvalue weighted by Crippen LogP contribution is 2.31. The minimum atomic E-state index is -4.46. The number of rotatable bonds is 1. The third-order valence-corrected chi connectivity index (χ3v) is 1.99. The van der Waals surface area contributed by atoms with E-state index >= 15 is 0 Å². The molecule has 0 amide bonds. The summed E-state index contributed by atoms with van der Waals surface area (Å²) >= 11 is 5.54. The molecule has 0 bridgehead atoms. The van der Waals surface area contributed by atoms with Crippen molar-refractivity contribution >= 4 is 17.4 Å². The van der Waals surface area contributed by atoms with Gasteiger partial charge < -0.3 is 10.9 Å². The molecule has 3 nitrogen and oxygen atoms in total. The minimum Gasteiger partial charge on any atom is -0.409 e. The van der Waals surface area contributed by atoms with Crippen LogP contribution in [0.5, 0.6) is 0 Å². The summed E-state index contributed by atoms with van der Waals surface area (Å²) in [6.07, 6.45) is -4.46. The van der Waals surface area contributed by atoms with Gasteiger partial charge in [-0.3, -0.25) is 0 Å². The van der Waals surface area contributed by atoms with E-state index in [0.29, 0.717) is 0 Å². The average Bonchev–Trinajstić information content (AvgIpc) is 2.15. The van der Waals surface area contributed by atoms with Gasteiger partial charge in [0.05, 0.1) is 10.6 Å². The van der Waals surface area contributed by atoms with Gasteiger partial charge in [-0.05, 0) is 18.2 Å². The first kappa shape index (κ1) is 11.6. The van der Waals surface area contributed by atoms with E-state index in [9.17, 15) is 13.2 Å². The van der Waals surface area contributed by atoms with Gasteiger partial charge in [0.15, 0.2) is 5.84 Å². The molecule has 7 heteroatoms. The van der Waals surface area contributed by atoms with E-state index in [-0.39, 0.29) is 16.4 Å². The maximum atomic E-state index is 12.2. The fraction of sp³-hybridized carbons (Fsp3) is 0.125. The molecule has 0 aromatic heterocycles. The Kier molecular flexibility index (Phi) is 3.09. The average molecular weight is 239 g/mol. The molecule has 1 rings (SSSR count). The monoisotopic (exact) mass is 238 g/mol. The number of oxime groups is 1. The summed E-state index contributed by atoms with van der Waals surface area (Å²) in [6, 6.07) is 2.56. The van der Waals surface area contributed by atoms with Crippen LogP contribution in [0.15, 0.2) is 23.4 Å². The summed E-state index contributed by atoms with van der Waals surface area (Å²) in [6.45, 7) is 0. The molecule has 0 saturated carbocycles. The van der Waals surface area contributed by atoms with E-state index in [2.05, 4.69) is 5.16 Å². The number of halogens is 4. The molecule has 0 atom stereocenters. The second kappa shape index (κ2) is 3.98. The fourth-order valence-corrected chi connectivity index (χ4v) is 1.23. The first-order valence-corrected chi connectivity index (χ1v) is 4.08. The maximum absolute atomic E-state index is 12.2. The van der Waals surface area contributed by atoms with Gasteiger partial charge >= 0.3 is 6.18 Å². The summed E-state index contributed by atoms with van der Waals surface area (Å²) in [7, 11) is 0. The van der Waals surface area contributed by atoms with Gasteiger partial charge in [0, 0.05) is 5.56 Å². The molecule has 0 aliphatic rings. The van der Waals surface area contributed by atoms with Crippen LogP contribution in [0.25, 0.3) is 0 Å². The predicted molar refractivity (Wildman–Crippen MR) is 49.0 cm³/mol. The third kappa shape index (κ3) is 2.53. The number of amidine groups is 1. The smallest absolute Gasteiger partial charge is 0.409 e. The lowest BCUT2D eigenvalue weighted by Crippen LogP contribution is -2.14. The SMILES string of the molecule is N/C(=N\O)c1ccc(C(F)(F)F)cc1Cl. The molecule has 0 aliphatic carbocycles. The topological polar surface area (TPSA) is 58.6 Å². The lowest BCUT2D eigenvalue weighted by Gasteiger charge is -2.08. The van der Waals surface area contributed by atoms with Crippen LogP contribution in [-0.4, -0.2) is 11.0 Å². The quantitative estimate of drug-likeness (QED) is 0.342. The Balaban J connectivity index is 3.21. The van der Waals surface area contributed by atoms with Gasteiger partial charge in [-0.25, -0.2) is 0 Å². The van der Waals surface area contributed by atoms with E-state index in [1.807, 2.05) is 0 Å². The number of hydrogen-bond acceptors (Lipinski definition) is 2. The normalized spacial score (nSPS) is 12.9. The zero-order valence-corrected chi connectivity index (χ0v) is 7.97. The van der Waals surface area contributed by atoms with Crippen LogP contribution in [0.4, 0.5) is 13.2 Å². The number of alkyl halides is 3. The predicted octanol–water partition coefficient (Wildman–Crippen LogP) is 2.45. The van der Waals surface area contributed by atoms with Gasteiger partial charge in [0.2, 0.25) is 0 Å². The van der Waals surface area contributed by atoms with Crippen molar-refractivity contribution in [2.45, 2.75) is 6.18 Å². The van der Waals surface area contributed by atoms with Crippen LogP contribution in [-0.2, 0) is 6.18 Å². The van der Waals surface area contributed by atoms with Gasteiger partial charge in [0.25, 0.3) is 0 Å². The Labute approximate surface area is 87.9 Å². The molecule has 1 aromatic rings. The summed E-state index contributed by atoms with van der Waals surface area (Å²) in [5, 5.41) is 10.7. The van der Waals surface area contributed by atoms with Crippen molar-refractivity contribution in [3.8, 4) is 0 Å². The second-order valence-electron chi connectivity index (χ2n) is 2.68. The lowest BCUT2D eigenvalue weighted by molar-refractivity contribution is -0.137. The molecule has 0 heterocycles. The van der Waals surface area contributed by atoms with Crippen molar-refractivity contribution in [2.75, 3.05) is 0 Å². The van der Waals surface area contributed by atoms with Crippen molar-refractivity contribution in [1.82, 2.24) is 0 Å². The van der Waals surface area contributed by atoms with Gasteiger partial charge in [-0.2, -0.15) is 13.2 Å². The Morgan fingerprint density at radius 3 is 2.40 bits per heavy atom. The molecule has 1 aromatic carbocycles. The van der Waals surface area contributed by atoms with Crippen molar-refractivity contribution in [2.24, 2.45) is 10.9 Å². The van der Waals surface area contributed by atoms with E-state index in [0.717, 1.165) is 18.2 Å². The molecular formula is C8H6ClF3N2O. The van der Waals surface area contributed by atoms with E-state index in [1.54, 1.807) is 0 Å². The summed E-state index contributed by atoms with van der Waals surface area (Å²) < 4.78 is 36.6. The third-order valence-electron chi connectivity index (χ3n) is 1.68. The summed E-state index contributed by atoms with van der Waals surface area (Å²) in [5.41, 5.74) is 4.35. The highest BCUT2D eigenvalue weighted by atomic mass is 35.5. The van der Waals surface area contributed by atoms with Crippen molar-refractivity contribution in [3.05, 3.63) is 34.3 Å². The molecule has 0 fully saturated rings. The maximum Gasteiger partial charge on any atom is 0.416 e. The Bertz CT molecular complexity index is 403. The number of hydrogen-bond donors (Lipinski definition) is 2. The van der Waals surface area contributed by atoms with Crippen LogP contribution in [0.1, 0.15) is 11.1 Å². The molecule has 0 saturated heterocycles. The molecule has 15 heavy (non-hydrogen) atoms. The molecule has 0 radical (unpaired) electrons. The van der Waals surface area contributed by atoms with Crippen LogP contribution >= 0.6 is 11.6 Å². The first-order chi connectivity index (χ1) is 6.86. The Hall–Kier alpha value is -1.43. The first-order valence-electron chi connectivity index (χ1n) is 3.71. The van der Waals surface area contributed by atoms with Crippen LogP contribution in [0.2, 0.25) is 5.02 Å².